The molecule has 2 aromatic rings. The molecule has 0 N–H and O–H groups in total. The predicted octanol–water partition coefficient (Wildman–Crippen LogP) is 3.42. The molecule has 0 aliphatic rings. The van der Waals surface area contributed by atoms with Crippen molar-refractivity contribution in [2.75, 3.05) is 0 Å². The first kappa shape index (κ1) is 21.0. The van der Waals surface area contributed by atoms with E-state index in [0.29, 0.717) is 0 Å². The second-order valence-electron chi connectivity index (χ2n) is 2.15. The van der Waals surface area contributed by atoms with Crippen LogP contribution in [-0.4, -0.2) is 0 Å². The third kappa shape index (κ3) is 14.6. The van der Waals surface area contributed by atoms with Crippen molar-refractivity contribution in [1.29, 1.82) is 0 Å². The Balaban J connectivity index is -0.000000160. The Labute approximate surface area is 144 Å². The van der Waals surface area contributed by atoms with Gasteiger partial charge >= 0.3 is 0 Å². The molecule has 0 aliphatic carbocycles. The summed E-state index contributed by atoms with van der Waals surface area (Å²) in [5, 5.41) is 0. The van der Waals surface area contributed by atoms with Crippen molar-refractivity contribution in [1.82, 2.24) is 0 Å². The molecule has 0 bridgehead atoms. The molecule has 2 aromatic carbocycles. The maximum Gasteiger partial charge on any atom is 0 e. The van der Waals surface area contributed by atoms with Crippen molar-refractivity contribution in [2.24, 2.45) is 0 Å². The van der Waals surface area contributed by atoms with Crippen LogP contribution in [0.5, 0.6) is 0 Å². The van der Waals surface area contributed by atoms with Crippen LogP contribution in [-0.2, 0) is 65.4 Å². The molecule has 0 saturated heterocycles. The molecule has 2 rings (SSSR count). The van der Waals surface area contributed by atoms with Crippen molar-refractivity contribution >= 4 is 0 Å². The van der Waals surface area contributed by atoms with Gasteiger partial charge in [0.05, 0.1) is 0 Å². The predicted molar refractivity (Wildman–Crippen MR) is 57.0 cm³/mol. The smallest absolute Gasteiger partial charge is 0 e. The minimum absolute atomic E-state index is 0. The Morgan fingerprint density at radius 3 is 0.800 bits per heavy atom. The minimum Gasteiger partial charge on any atom is -0.358 e. The molecular formula is C13H13Y2-3. The molecule has 0 fully saturated rings. The molecule has 2 radical (unpaired) electrons. The van der Waals surface area contributed by atoms with Crippen LogP contribution in [0.25, 0.3) is 0 Å². The Hall–Kier alpha value is 0.648. The van der Waals surface area contributed by atoms with E-state index in [-0.39, 0.29) is 72.8 Å². The second-order valence-corrected chi connectivity index (χ2v) is 2.15. The third-order valence-electron chi connectivity index (χ3n) is 1.21. The fourth-order valence-electron chi connectivity index (χ4n) is 0.684. The average Bonchev–Trinajstić information content (AvgIpc) is 2.24. The zero-order chi connectivity index (χ0) is 8.49. The summed E-state index contributed by atoms with van der Waals surface area (Å²) in [6.45, 7) is 0. The Morgan fingerprint density at radius 2 is 0.733 bits per heavy atom. The summed E-state index contributed by atoms with van der Waals surface area (Å²) in [6, 6.07) is 25.0. The van der Waals surface area contributed by atoms with E-state index in [0.717, 1.165) is 0 Å². The Morgan fingerprint density at radius 1 is 0.467 bits per heavy atom. The van der Waals surface area contributed by atoms with Gasteiger partial charge in [-0.15, -0.1) is 0 Å². The van der Waals surface area contributed by atoms with Gasteiger partial charge < -0.3 is 7.43 Å². The standard InChI is InChI=1S/2C6H5.CH3.2Y/c2*1-2-4-6-5-3-1;;;/h2*1-5H;1H3;;/q3*-1;;. The summed E-state index contributed by atoms with van der Waals surface area (Å²) in [7, 11) is 0. The Bertz CT molecular complexity index is 184. The van der Waals surface area contributed by atoms with Gasteiger partial charge in [-0.3, -0.25) is 0 Å². The van der Waals surface area contributed by atoms with Gasteiger partial charge in [-0.1, -0.05) is 0 Å². The van der Waals surface area contributed by atoms with Crippen molar-refractivity contribution in [3.8, 4) is 0 Å². The molecule has 15 heavy (non-hydrogen) atoms. The fraction of sp³-hybridized carbons (Fsp3) is 0. The van der Waals surface area contributed by atoms with Crippen LogP contribution >= 0.6 is 0 Å². The number of benzene rings is 2. The van der Waals surface area contributed by atoms with E-state index in [2.05, 4.69) is 12.1 Å². The molecule has 0 atom stereocenters. The van der Waals surface area contributed by atoms with Crippen LogP contribution in [0.3, 0.4) is 0 Å². The first-order valence-corrected chi connectivity index (χ1v) is 3.82. The van der Waals surface area contributed by atoms with Gasteiger partial charge in [-0.25, -0.2) is 0 Å². The van der Waals surface area contributed by atoms with Crippen LogP contribution < -0.4 is 0 Å². The zero-order valence-corrected chi connectivity index (χ0v) is 14.6. The average molecular weight is 347 g/mol. The van der Waals surface area contributed by atoms with Crippen molar-refractivity contribution in [3.05, 3.63) is 80.2 Å². The van der Waals surface area contributed by atoms with Gasteiger partial charge in [-0.2, -0.15) is 72.8 Å². The summed E-state index contributed by atoms with van der Waals surface area (Å²) in [6.07, 6.45) is 0. The van der Waals surface area contributed by atoms with E-state index < -0.39 is 0 Å². The summed E-state index contributed by atoms with van der Waals surface area (Å²) in [4.78, 5) is 0. The number of hydrogen-bond acceptors (Lipinski definition) is 0. The SMILES string of the molecule is [CH3-].[Y].[Y].[c-]1ccccc1.[c-]1ccccc1. The summed E-state index contributed by atoms with van der Waals surface area (Å²) in [5.74, 6) is 0. The molecular weight excluding hydrogens is 334 g/mol. The van der Waals surface area contributed by atoms with Gasteiger partial charge in [0.15, 0.2) is 0 Å². The number of hydrogen-bond donors (Lipinski definition) is 0. The summed E-state index contributed by atoms with van der Waals surface area (Å²) < 4.78 is 0. The van der Waals surface area contributed by atoms with Crippen molar-refractivity contribution in [2.45, 2.75) is 0 Å². The maximum absolute atomic E-state index is 2.89. The van der Waals surface area contributed by atoms with E-state index in [4.69, 9.17) is 0 Å². The molecule has 0 unspecified atom stereocenters. The van der Waals surface area contributed by atoms with E-state index in [1.807, 2.05) is 60.7 Å². The van der Waals surface area contributed by atoms with Crippen LogP contribution in [0.2, 0.25) is 0 Å². The quantitative estimate of drug-likeness (QED) is 0.641. The van der Waals surface area contributed by atoms with E-state index in [1.54, 1.807) is 0 Å². The van der Waals surface area contributed by atoms with Crippen LogP contribution in [0, 0.1) is 19.6 Å². The molecule has 0 heterocycles. The molecule has 0 aliphatic heterocycles. The van der Waals surface area contributed by atoms with Gasteiger partial charge in [0.2, 0.25) is 0 Å². The van der Waals surface area contributed by atoms with Gasteiger partial charge in [0.25, 0.3) is 0 Å². The van der Waals surface area contributed by atoms with Crippen molar-refractivity contribution < 1.29 is 65.4 Å². The van der Waals surface area contributed by atoms with E-state index in [1.165, 1.54) is 0 Å². The van der Waals surface area contributed by atoms with Gasteiger partial charge in [-0.05, 0) is 0 Å². The fourth-order valence-corrected chi connectivity index (χ4v) is 0.684. The molecule has 74 valence electrons. The molecule has 0 nitrogen and oxygen atoms in total. The maximum atomic E-state index is 2.89. The second kappa shape index (κ2) is 17.1. The first-order chi connectivity index (χ1) is 6.00. The van der Waals surface area contributed by atoms with Crippen LogP contribution in [0.1, 0.15) is 0 Å². The molecule has 0 amide bonds. The molecule has 0 spiro atoms. The molecule has 0 aromatic heterocycles. The monoisotopic (exact) mass is 347 g/mol. The Kier molecular flexibility index (Phi) is 23.9. The third-order valence-corrected chi connectivity index (χ3v) is 1.21. The van der Waals surface area contributed by atoms with Crippen LogP contribution in [0.15, 0.2) is 60.7 Å². The topological polar surface area (TPSA) is 0 Å². The van der Waals surface area contributed by atoms with Gasteiger partial charge in [0.1, 0.15) is 0 Å². The normalized spacial score (nSPS) is 6.40. The summed E-state index contributed by atoms with van der Waals surface area (Å²) >= 11 is 0. The summed E-state index contributed by atoms with van der Waals surface area (Å²) in [5.41, 5.74) is 0. The van der Waals surface area contributed by atoms with Gasteiger partial charge in [0, 0.05) is 65.4 Å². The van der Waals surface area contributed by atoms with Crippen LogP contribution in [0.4, 0.5) is 0 Å². The molecule has 0 saturated carbocycles. The largest absolute Gasteiger partial charge is 0.358 e. The van der Waals surface area contributed by atoms with E-state index >= 15 is 0 Å². The first-order valence-electron chi connectivity index (χ1n) is 3.82. The van der Waals surface area contributed by atoms with E-state index in [9.17, 15) is 0 Å². The number of rotatable bonds is 0. The zero-order valence-electron chi connectivity index (χ0n) is 8.93. The van der Waals surface area contributed by atoms with Crippen molar-refractivity contribution in [3.63, 3.8) is 0 Å². The minimum atomic E-state index is 0. The molecule has 2 heteroatoms.